The number of para-hydroxylation sites is 1. The molecule has 0 fully saturated rings. The Hall–Kier alpha value is -3.61. The number of hydrogen-bond acceptors (Lipinski definition) is 3. The quantitative estimate of drug-likeness (QED) is 0.483. The monoisotopic (exact) mass is 424 g/mol. The molecule has 7 heteroatoms. The van der Waals surface area contributed by atoms with E-state index in [-0.39, 0.29) is 11.4 Å². The Balaban J connectivity index is 1.76. The lowest BCUT2D eigenvalue weighted by atomic mass is 10.1. The molecule has 3 aromatic rings. The predicted octanol–water partition coefficient (Wildman–Crippen LogP) is 6.29. The van der Waals surface area contributed by atoms with Gasteiger partial charge in [-0.15, -0.1) is 0 Å². The number of halogens is 3. The molecule has 0 radical (unpaired) electrons. The zero-order valence-corrected chi connectivity index (χ0v) is 16.7. The third-order valence-corrected chi connectivity index (χ3v) is 4.77. The highest BCUT2D eigenvalue weighted by Gasteiger charge is 2.35. The summed E-state index contributed by atoms with van der Waals surface area (Å²) in [5.41, 5.74) is 1.12. The van der Waals surface area contributed by atoms with Gasteiger partial charge in [-0.2, -0.15) is 13.2 Å². The van der Waals surface area contributed by atoms with Gasteiger partial charge in [-0.1, -0.05) is 37.3 Å². The number of aliphatic imine (C=N–C) groups is 1. The van der Waals surface area contributed by atoms with Crippen molar-refractivity contribution >= 4 is 28.7 Å². The minimum atomic E-state index is -4.49. The molecule has 4 rings (SSSR count). The lowest BCUT2D eigenvalue weighted by Crippen LogP contribution is -2.25. The third kappa shape index (κ3) is 4.17. The first kappa shape index (κ1) is 20.7. The molecule has 0 spiro atoms. The minimum Gasteiger partial charge on any atom is -0.494 e. The van der Waals surface area contributed by atoms with E-state index in [4.69, 9.17) is 4.74 Å². The number of carbonyl (C=O) groups is 1. The van der Waals surface area contributed by atoms with Crippen LogP contribution < -0.4 is 9.64 Å². The smallest absolute Gasteiger partial charge is 0.416 e. The second-order valence-electron chi connectivity index (χ2n) is 7.01. The van der Waals surface area contributed by atoms with Gasteiger partial charge in [-0.3, -0.25) is 9.69 Å². The van der Waals surface area contributed by atoms with Crippen molar-refractivity contribution in [1.29, 1.82) is 0 Å². The molecule has 0 aromatic heterocycles. The molecule has 0 bridgehead atoms. The lowest BCUT2D eigenvalue weighted by molar-refractivity contribution is -0.137. The summed E-state index contributed by atoms with van der Waals surface area (Å²) in [6, 6.07) is 18.8. The summed E-state index contributed by atoms with van der Waals surface area (Å²) < 4.78 is 44.9. The van der Waals surface area contributed by atoms with Crippen LogP contribution in [-0.2, 0) is 11.0 Å². The number of nitrogens with zero attached hydrogens (tertiary/aromatic N) is 2. The fourth-order valence-electron chi connectivity index (χ4n) is 3.38. The molecular formula is C24H19F3N2O2. The summed E-state index contributed by atoms with van der Waals surface area (Å²) in [4.78, 5) is 19.1. The molecule has 1 heterocycles. The number of hydrogen-bond donors (Lipinski definition) is 0. The number of anilines is 2. The van der Waals surface area contributed by atoms with Crippen molar-refractivity contribution in [2.75, 3.05) is 11.5 Å². The van der Waals surface area contributed by atoms with E-state index in [0.29, 0.717) is 29.3 Å². The highest BCUT2D eigenvalue weighted by molar-refractivity contribution is 6.56. The molecule has 0 saturated carbocycles. The summed E-state index contributed by atoms with van der Waals surface area (Å²) in [6.07, 6.45) is -3.64. The number of carbonyl (C=O) groups excluding carboxylic acids is 1. The fourth-order valence-corrected chi connectivity index (χ4v) is 3.38. The van der Waals surface area contributed by atoms with Gasteiger partial charge in [-0.25, -0.2) is 4.99 Å². The van der Waals surface area contributed by atoms with E-state index in [9.17, 15) is 18.0 Å². The van der Waals surface area contributed by atoms with Crippen molar-refractivity contribution < 1.29 is 22.7 Å². The van der Waals surface area contributed by atoms with Gasteiger partial charge in [0.1, 0.15) is 11.5 Å². The van der Waals surface area contributed by atoms with Gasteiger partial charge >= 0.3 is 6.18 Å². The van der Waals surface area contributed by atoms with Crippen LogP contribution in [0, 0.1) is 0 Å². The molecular weight excluding hydrogens is 405 g/mol. The van der Waals surface area contributed by atoms with Crippen molar-refractivity contribution in [2.24, 2.45) is 4.99 Å². The van der Waals surface area contributed by atoms with E-state index < -0.39 is 17.6 Å². The van der Waals surface area contributed by atoms with Crippen molar-refractivity contribution in [1.82, 2.24) is 0 Å². The van der Waals surface area contributed by atoms with E-state index in [0.717, 1.165) is 18.6 Å². The third-order valence-electron chi connectivity index (χ3n) is 4.77. The average molecular weight is 424 g/mol. The Morgan fingerprint density at radius 3 is 2.52 bits per heavy atom. The molecule has 1 aliphatic rings. The molecule has 158 valence electrons. The maximum Gasteiger partial charge on any atom is 0.416 e. The van der Waals surface area contributed by atoms with Gasteiger partial charge in [0.2, 0.25) is 0 Å². The Bertz CT molecular complexity index is 1160. The normalized spacial score (nSPS) is 14.8. The van der Waals surface area contributed by atoms with E-state index in [1.54, 1.807) is 42.5 Å². The topological polar surface area (TPSA) is 41.9 Å². The Morgan fingerprint density at radius 2 is 1.74 bits per heavy atom. The highest BCUT2D eigenvalue weighted by Crippen LogP contribution is 2.38. The summed E-state index contributed by atoms with van der Waals surface area (Å²) in [6.45, 7) is 2.55. The first-order valence-electron chi connectivity index (χ1n) is 9.81. The lowest BCUT2D eigenvalue weighted by Gasteiger charge is -2.18. The fraction of sp³-hybridized carbons (Fsp3) is 0.167. The van der Waals surface area contributed by atoms with Crippen LogP contribution in [0.5, 0.6) is 5.75 Å². The molecule has 0 atom stereocenters. The molecule has 31 heavy (non-hydrogen) atoms. The Morgan fingerprint density at radius 1 is 0.968 bits per heavy atom. The second kappa shape index (κ2) is 8.26. The Labute approximate surface area is 177 Å². The van der Waals surface area contributed by atoms with Crippen molar-refractivity contribution in [3.05, 3.63) is 83.9 Å². The first-order chi connectivity index (χ1) is 14.9. The molecule has 1 aliphatic heterocycles. The number of ether oxygens (including phenoxy) is 1. The van der Waals surface area contributed by atoms with E-state index in [1.165, 1.54) is 17.0 Å². The van der Waals surface area contributed by atoms with Gasteiger partial charge < -0.3 is 4.74 Å². The molecule has 1 amide bonds. The number of alkyl halides is 3. The predicted molar refractivity (Wildman–Crippen MR) is 113 cm³/mol. The van der Waals surface area contributed by atoms with Crippen LogP contribution in [0.3, 0.4) is 0 Å². The van der Waals surface area contributed by atoms with Crippen LogP contribution in [0.15, 0.2) is 77.8 Å². The molecule has 0 saturated heterocycles. The maximum absolute atomic E-state index is 13.3. The summed E-state index contributed by atoms with van der Waals surface area (Å²) in [7, 11) is 0. The van der Waals surface area contributed by atoms with Gasteiger partial charge in [0.25, 0.3) is 5.91 Å². The van der Waals surface area contributed by atoms with Gasteiger partial charge in [0.15, 0.2) is 0 Å². The van der Waals surface area contributed by atoms with E-state index in [1.807, 2.05) is 13.0 Å². The standard InChI is InChI=1S/C24H19F3N2O2/c1-2-13-31-19-10-6-9-18(15-19)29-21-12-4-3-11-20(21)22(23(29)30)28-17-8-5-7-16(14-17)24(25,26)27/h3-12,14-15H,2,13H2,1H3. The van der Waals surface area contributed by atoms with E-state index >= 15 is 0 Å². The van der Waals surface area contributed by atoms with Crippen LogP contribution in [-0.4, -0.2) is 18.2 Å². The molecule has 0 N–H and O–H groups in total. The van der Waals surface area contributed by atoms with Crippen LogP contribution in [0.4, 0.5) is 30.2 Å². The second-order valence-corrected chi connectivity index (χ2v) is 7.01. The minimum absolute atomic E-state index is 0.0647. The summed E-state index contributed by atoms with van der Waals surface area (Å²) in [5.74, 6) is 0.221. The number of benzene rings is 3. The van der Waals surface area contributed by atoms with Gasteiger partial charge in [-0.05, 0) is 42.8 Å². The van der Waals surface area contributed by atoms with Gasteiger partial charge in [0.05, 0.1) is 29.2 Å². The number of fused-ring (bicyclic) bond motifs is 1. The largest absolute Gasteiger partial charge is 0.494 e. The van der Waals surface area contributed by atoms with Crippen molar-refractivity contribution in [3.63, 3.8) is 0 Å². The molecule has 4 nitrogen and oxygen atoms in total. The molecule has 0 unspecified atom stereocenters. The zero-order chi connectivity index (χ0) is 22.0. The van der Waals surface area contributed by atoms with Crippen molar-refractivity contribution in [3.8, 4) is 5.75 Å². The van der Waals surface area contributed by atoms with Gasteiger partial charge in [0, 0.05) is 11.6 Å². The maximum atomic E-state index is 13.3. The van der Waals surface area contributed by atoms with Crippen molar-refractivity contribution in [2.45, 2.75) is 19.5 Å². The molecule has 0 aliphatic carbocycles. The van der Waals surface area contributed by atoms with E-state index in [2.05, 4.69) is 4.99 Å². The highest BCUT2D eigenvalue weighted by atomic mass is 19.4. The Kier molecular flexibility index (Phi) is 5.50. The molecule has 3 aromatic carbocycles. The van der Waals surface area contributed by atoms with Crippen LogP contribution in [0.1, 0.15) is 24.5 Å². The average Bonchev–Trinajstić information content (AvgIpc) is 3.03. The van der Waals surface area contributed by atoms with Crippen LogP contribution >= 0.6 is 0 Å². The van der Waals surface area contributed by atoms with Crippen LogP contribution in [0.2, 0.25) is 0 Å². The summed E-state index contributed by atoms with van der Waals surface area (Å²) in [5, 5.41) is 0. The summed E-state index contributed by atoms with van der Waals surface area (Å²) >= 11 is 0. The number of rotatable bonds is 5. The van der Waals surface area contributed by atoms with Crippen LogP contribution in [0.25, 0.3) is 0 Å². The zero-order valence-electron chi connectivity index (χ0n) is 16.7. The number of amides is 1. The SMILES string of the molecule is CCCOc1cccc(N2C(=O)C(=Nc3cccc(C(F)(F)F)c3)c3ccccc32)c1. The first-order valence-corrected chi connectivity index (χ1v) is 9.81.